The first-order valence-corrected chi connectivity index (χ1v) is 7.58. The molecule has 1 aromatic carbocycles. The van der Waals surface area contributed by atoms with Gasteiger partial charge in [0.2, 0.25) is 11.8 Å². The first-order valence-electron chi connectivity index (χ1n) is 7.58. The molecular formula is C17H27N3O2. The van der Waals surface area contributed by atoms with Gasteiger partial charge in [0.25, 0.3) is 0 Å². The quantitative estimate of drug-likeness (QED) is 0.794. The highest BCUT2D eigenvalue weighted by atomic mass is 16.2. The van der Waals surface area contributed by atoms with Crippen LogP contribution in [0.2, 0.25) is 0 Å². The van der Waals surface area contributed by atoms with E-state index in [2.05, 4.69) is 10.6 Å². The smallest absolute Gasteiger partial charge is 0.239 e. The molecule has 1 aromatic rings. The summed E-state index contributed by atoms with van der Waals surface area (Å²) < 4.78 is 0. The molecular weight excluding hydrogens is 278 g/mol. The molecule has 122 valence electrons. The Morgan fingerprint density at radius 2 is 1.68 bits per heavy atom. The van der Waals surface area contributed by atoms with E-state index < -0.39 is 5.41 Å². The number of nitrogens with zero attached hydrogens (tertiary/aromatic N) is 1. The predicted octanol–water partition coefficient (Wildman–Crippen LogP) is 2.63. The number of anilines is 2. The van der Waals surface area contributed by atoms with Gasteiger partial charge in [-0.05, 0) is 51.5 Å². The number of rotatable bonds is 6. The second-order valence-electron chi connectivity index (χ2n) is 6.30. The number of benzene rings is 1. The normalized spacial score (nSPS) is 12.5. The van der Waals surface area contributed by atoms with E-state index in [4.69, 9.17) is 0 Å². The summed E-state index contributed by atoms with van der Waals surface area (Å²) in [5.41, 5.74) is 0.607. The first kappa shape index (κ1) is 18.0. The number of amides is 2. The second kappa shape index (κ2) is 7.29. The Morgan fingerprint density at radius 3 is 2.14 bits per heavy atom. The van der Waals surface area contributed by atoms with Gasteiger partial charge < -0.3 is 15.5 Å². The molecule has 2 N–H and O–H groups in total. The van der Waals surface area contributed by atoms with Crippen LogP contribution in [-0.4, -0.2) is 32.0 Å². The molecule has 0 spiro atoms. The fourth-order valence-electron chi connectivity index (χ4n) is 1.74. The van der Waals surface area contributed by atoms with Crippen LogP contribution >= 0.6 is 0 Å². The van der Waals surface area contributed by atoms with Gasteiger partial charge in [0.15, 0.2) is 0 Å². The lowest BCUT2D eigenvalue weighted by molar-refractivity contribution is -0.138. The van der Waals surface area contributed by atoms with Gasteiger partial charge in [-0.3, -0.25) is 9.59 Å². The molecule has 0 aliphatic carbocycles. The number of hydrogen-bond acceptors (Lipinski definition) is 3. The highest BCUT2D eigenvalue weighted by molar-refractivity contribution is 6.09. The summed E-state index contributed by atoms with van der Waals surface area (Å²) in [6, 6.07) is 7.55. The summed E-state index contributed by atoms with van der Waals surface area (Å²) >= 11 is 0. The predicted molar refractivity (Wildman–Crippen MR) is 91.1 cm³/mol. The summed E-state index contributed by atoms with van der Waals surface area (Å²) in [6.07, 6.45) is 0.829. The van der Waals surface area contributed by atoms with Crippen LogP contribution < -0.4 is 15.5 Å². The lowest BCUT2D eigenvalue weighted by atomic mass is 9.90. The molecule has 5 heteroatoms. The van der Waals surface area contributed by atoms with Gasteiger partial charge in [-0.15, -0.1) is 0 Å². The van der Waals surface area contributed by atoms with Crippen molar-refractivity contribution in [3.8, 4) is 0 Å². The summed E-state index contributed by atoms with van der Waals surface area (Å²) in [5.74, 6) is -0.574. The molecule has 0 heterocycles. The second-order valence-corrected chi connectivity index (χ2v) is 6.30. The Labute approximate surface area is 133 Å². The van der Waals surface area contributed by atoms with Gasteiger partial charge in [0.1, 0.15) is 5.41 Å². The molecule has 0 saturated carbocycles. The van der Waals surface area contributed by atoms with Crippen LogP contribution in [0.5, 0.6) is 0 Å². The Balaban J connectivity index is 2.75. The zero-order valence-electron chi connectivity index (χ0n) is 14.4. The summed E-state index contributed by atoms with van der Waals surface area (Å²) in [6.45, 7) is 7.18. The minimum atomic E-state index is -1.12. The number of nitrogens with one attached hydrogen (secondary N) is 2. The molecule has 0 bridgehead atoms. The van der Waals surface area contributed by atoms with Crippen LogP contribution in [0.25, 0.3) is 0 Å². The van der Waals surface area contributed by atoms with E-state index in [1.165, 1.54) is 0 Å². The Hall–Kier alpha value is -2.04. The third-order valence-electron chi connectivity index (χ3n) is 3.77. The Kier molecular flexibility index (Phi) is 5.97. The lowest BCUT2D eigenvalue weighted by Crippen LogP contribution is -2.47. The van der Waals surface area contributed by atoms with Crippen molar-refractivity contribution in [3.05, 3.63) is 24.3 Å². The van der Waals surface area contributed by atoms with Gasteiger partial charge >= 0.3 is 0 Å². The van der Waals surface area contributed by atoms with Crippen molar-refractivity contribution in [2.75, 3.05) is 24.3 Å². The SMILES string of the molecule is CCC(C)NC(=O)C(C)(C)C(=O)Nc1ccc(N(C)C)cc1. The van der Waals surface area contributed by atoms with Gasteiger partial charge in [0.05, 0.1) is 0 Å². The van der Waals surface area contributed by atoms with E-state index in [1.54, 1.807) is 13.8 Å². The van der Waals surface area contributed by atoms with Crippen molar-refractivity contribution in [2.45, 2.75) is 40.2 Å². The van der Waals surface area contributed by atoms with E-state index in [0.29, 0.717) is 5.69 Å². The topological polar surface area (TPSA) is 61.4 Å². The van der Waals surface area contributed by atoms with Gasteiger partial charge in [-0.2, -0.15) is 0 Å². The van der Waals surface area contributed by atoms with Crippen LogP contribution in [0.3, 0.4) is 0 Å². The van der Waals surface area contributed by atoms with Crippen LogP contribution in [-0.2, 0) is 9.59 Å². The largest absolute Gasteiger partial charge is 0.378 e. The molecule has 0 radical (unpaired) electrons. The fraction of sp³-hybridized carbons (Fsp3) is 0.529. The maximum absolute atomic E-state index is 12.4. The summed E-state index contributed by atoms with van der Waals surface area (Å²) in [5, 5.41) is 5.66. The molecule has 1 atom stereocenters. The molecule has 0 saturated heterocycles. The number of carbonyl (C=O) groups excluding carboxylic acids is 2. The highest BCUT2D eigenvalue weighted by Gasteiger charge is 2.36. The Morgan fingerprint density at radius 1 is 1.14 bits per heavy atom. The van der Waals surface area contributed by atoms with Crippen LogP contribution in [0, 0.1) is 5.41 Å². The average Bonchev–Trinajstić information content (AvgIpc) is 2.47. The van der Waals surface area contributed by atoms with Gasteiger partial charge in [-0.1, -0.05) is 6.92 Å². The molecule has 5 nitrogen and oxygen atoms in total. The van der Waals surface area contributed by atoms with E-state index >= 15 is 0 Å². The van der Waals surface area contributed by atoms with Crippen LogP contribution in [0.4, 0.5) is 11.4 Å². The highest BCUT2D eigenvalue weighted by Crippen LogP contribution is 2.21. The van der Waals surface area contributed by atoms with Crippen LogP contribution in [0.1, 0.15) is 34.1 Å². The molecule has 22 heavy (non-hydrogen) atoms. The van der Waals surface area contributed by atoms with Crippen molar-refractivity contribution in [1.29, 1.82) is 0 Å². The standard InChI is InChI=1S/C17H27N3O2/c1-7-12(2)18-15(21)17(3,4)16(22)19-13-8-10-14(11-9-13)20(5)6/h8-12H,7H2,1-6H3,(H,18,21)(H,19,22). The monoisotopic (exact) mass is 305 g/mol. The third kappa shape index (κ3) is 4.48. The molecule has 0 aromatic heterocycles. The van der Waals surface area contributed by atoms with E-state index in [-0.39, 0.29) is 17.9 Å². The molecule has 2 amide bonds. The maximum atomic E-state index is 12.4. The maximum Gasteiger partial charge on any atom is 0.239 e. The van der Waals surface area contributed by atoms with Crippen molar-refractivity contribution in [2.24, 2.45) is 5.41 Å². The van der Waals surface area contributed by atoms with Crippen molar-refractivity contribution < 1.29 is 9.59 Å². The van der Waals surface area contributed by atoms with Gasteiger partial charge in [-0.25, -0.2) is 0 Å². The molecule has 1 rings (SSSR count). The number of carbonyl (C=O) groups is 2. The molecule has 0 fully saturated rings. The first-order chi connectivity index (χ1) is 10.2. The summed E-state index contributed by atoms with van der Waals surface area (Å²) in [7, 11) is 3.91. The molecule has 0 aliphatic rings. The van der Waals surface area contributed by atoms with E-state index in [9.17, 15) is 9.59 Å². The fourth-order valence-corrected chi connectivity index (χ4v) is 1.74. The Bertz CT molecular complexity index is 521. The van der Waals surface area contributed by atoms with Crippen molar-refractivity contribution in [1.82, 2.24) is 5.32 Å². The average molecular weight is 305 g/mol. The van der Waals surface area contributed by atoms with Crippen LogP contribution in [0.15, 0.2) is 24.3 Å². The molecule has 1 unspecified atom stereocenters. The minimum absolute atomic E-state index is 0.0546. The summed E-state index contributed by atoms with van der Waals surface area (Å²) in [4.78, 5) is 26.6. The van der Waals surface area contributed by atoms with E-state index in [1.807, 2.05) is 57.1 Å². The zero-order chi connectivity index (χ0) is 16.9. The third-order valence-corrected chi connectivity index (χ3v) is 3.77. The van der Waals surface area contributed by atoms with Crippen molar-refractivity contribution >= 4 is 23.2 Å². The number of hydrogen-bond donors (Lipinski definition) is 2. The zero-order valence-corrected chi connectivity index (χ0v) is 14.4. The van der Waals surface area contributed by atoms with Gasteiger partial charge in [0, 0.05) is 31.5 Å². The lowest BCUT2D eigenvalue weighted by Gasteiger charge is -2.25. The van der Waals surface area contributed by atoms with E-state index in [0.717, 1.165) is 12.1 Å². The minimum Gasteiger partial charge on any atom is -0.378 e. The van der Waals surface area contributed by atoms with Crippen molar-refractivity contribution in [3.63, 3.8) is 0 Å². The molecule has 0 aliphatic heterocycles.